The van der Waals surface area contributed by atoms with Crippen LogP contribution in [0.1, 0.15) is 23.1 Å². The summed E-state index contributed by atoms with van der Waals surface area (Å²) in [6.07, 6.45) is 0. The van der Waals surface area contributed by atoms with Crippen LogP contribution in [0.2, 0.25) is 0 Å². The smallest absolute Gasteiger partial charge is 0.167 e. The van der Waals surface area contributed by atoms with Crippen molar-refractivity contribution in [3.63, 3.8) is 0 Å². The van der Waals surface area contributed by atoms with Crippen LogP contribution in [0.15, 0.2) is 18.2 Å². The van der Waals surface area contributed by atoms with E-state index < -0.39 is 0 Å². The van der Waals surface area contributed by atoms with Crippen LogP contribution in [-0.2, 0) is 7.05 Å². The largest absolute Gasteiger partial charge is 0.331 e. The molecule has 1 heterocycles. The molecule has 2 aromatic rings. The molecule has 0 aliphatic rings. The fraction of sp³-hybridized carbons (Fsp3) is 0.385. The third-order valence-corrected chi connectivity index (χ3v) is 3.19. The topological polar surface area (TPSA) is 60.9 Å². The van der Waals surface area contributed by atoms with Crippen LogP contribution in [0, 0.1) is 12.8 Å². The van der Waals surface area contributed by atoms with Gasteiger partial charge in [0, 0.05) is 25.1 Å². The van der Waals surface area contributed by atoms with Crippen molar-refractivity contribution < 1.29 is 4.79 Å². The monoisotopic (exact) mass is 231 g/mol. The molecular formula is C13H17N3O. The Kier molecular flexibility index (Phi) is 2.98. The van der Waals surface area contributed by atoms with Crippen LogP contribution in [-0.4, -0.2) is 21.9 Å². The molecule has 0 amide bonds. The normalized spacial score (nSPS) is 12.9. The van der Waals surface area contributed by atoms with E-state index in [2.05, 4.69) is 4.98 Å². The third-order valence-electron chi connectivity index (χ3n) is 3.19. The number of fused-ring (bicyclic) bond motifs is 1. The summed E-state index contributed by atoms with van der Waals surface area (Å²) in [5.74, 6) is 0.881. The zero-order valence-corrected chi connectivity index (χ0v) is 10.4. The van der Waals surface area contributed by atoms with Crippen molar-refractivity contribution in [1.29, 1.82) is 0 Å². The van der Waals surface area contributed by atoms with Crippen LogP contribution >= 0.6 is 0 Å². The van der Waals surface area contributed by atoms with Crippen molar-refractivity contribution in [2.45, 2.75) is 13.8 Å². The fourth-order valence-electron chi connectivity index (χ4n) is 1.87. The van der Waals surface area contributed by atoms with Gasteiger partial charge in [0.05, 0.1) is 11.0 Å². The molecule has 2 N–H and O–H groups in total. The number of rotatable bonds is 3. The van der Waals surface area contributed by atoms with Crippen LogP contribution in [0.5, 0.6) is 0 Å². The van der Waals surface area contributed by atoms with Gasteiger partial charge in [0.25, 0.3) is 0 Å². The molecule has 17 heavy (non-hydrogen) atoms. The number of carbonyl (C=O) groups is 1. The summed E-state index contributed by atoms with van der Waals surface area (Å²) in [5.41, 5.74) is 8.10. The lowest BCUT2D eigenvalue weighted by atomic mass is 9.99. The van der Waals surface area contributed by atoms with Gasteiger partial charge in [0.2, 0.25) is 0 Å². The van der Waals surface area contributed by atoms with E-state index in [9.17, 15) is 4.79 Å². The van der Waals surface area contributed by atoms with Gasteiger partial charge in [-0.05, 0) is 25.1 Å². The summed E-state index contributed by atoms with van der Waals surface area (Å²) in [6.45, 7) is 4.17. The lowest BCUT2D eigenvalue weighted by Crippen LogP contribution is -2.20. The number of benzene rings is 1. The predicted octanol–water partition coefficient (Wildman–Crippen LogP) is 1.66. The number of aryl methyl sites for hydroxylation is 2. The second kappa shape index (κ2) is 4.30. The number of nitrogens with zero attached hydrogens (tertiary/aromatic N) is 2. The molecule has 1 aromatic heterocycles. The molecular weight excluding hydrogens is 214 g/mol. The highest BCUT2D eigenvalue weighted by Crippen LogP contribution is 2.18. The molecule has 2 rings (SSSR count). The zero-order chi connectivity index (χ0) is 12.6. The molecule has 0 saturated carbocycles. The van der Waals surface area contributed by atoms with E-state index in [1.165, 1.54) is 0 Å². The summed E-state index contributed by atoms with van der Waals surface area (Å²) in [4.78, 5) is 16.4. The Morgan fingerprint density at radius 3 is 2.88 bits per heavy atom. The van der Waals surface area contributed by atoms with Gasteiger partial charge < -0.3 is 10.3 Å². The molecule has 0 spiro atoms. The highest BCUT2D eigenvalue weighted by Gasteiger charge is 2.15. The average molecular weight is 231 g/mol. The number of imidazole rings is 1. The molecule has 90 valence electrons. The van der Waals surface area contributed by atoms with E-state index >= 15 is 0 Å². The van der Waals surface area contributed by atoms with Gasteiger partial charge in [-0.2, -0.15) is 0 Å². The molecule has 0 saturated heterocycles. The summed E-state index contributed by atoms with van der Waals surface area (Å²) in [6, 6.07) is 5.63. The van der Waals surface area contributed by atoms with Gasteiger partial charge in [-0.15, -0.1) is 0 Å². The summed E-state index contributed by atoms with van der Waals surface area (Å²) < 4.78 is 2.01. The summed E-state index contributed by atoms with van der Waals surface area (Å²) >= 11 is 0. The van der Waals surface area contributed by atoms with Crippen molar-refractivity contribution >= 4 is 16.8 Å². The van der Waals surface area contributed by atoms with Crippen molar-refractivity contribution in [2.75, 3.05) is 6.54 Å². The van der Waals surface area contributed by atoms with E-state index in [1.54, 1.807) is 0 Å². The zero-order valence-electron chi connectivity index (χ0n) is 10.4. The molecule has 0 fully saturated rings. The number of nitrogens with two attached hydrogens (primary N) is 1. The third kappa shape index (κ3) is 1.96. The molecule has 0 radical (unpaired) electrons. The Balaban J connectivity index is 2.48. The van der Waals surface area contributed by atoms with E-state index in [-0.39, 0.29) is 11.7 Å². The maximum atomic E-state index is 12.0. The Morgan fingerprint density at radius 1 is 1.53 bits per heavy atom. The molecule has 1 atom stereocenters. The predicted molar refractivity (Wildman–Crippen MR) is 68.0 cm³/mol. The summed E-state index contributed by atoms with van der Waals surface area (Å²) in [7, 11) is 1.97. The quantitative estimate of drug-likeness (QED) is 0.817. The van der Waals surface area contributed by atoms with Crippen LogP contribution in [0.25, 0.3) is 11.0 Å². The maximum absolute atomic E-state index is 12.0. The first-order valence-electron chi connectivity index (χ1n) is 5.72. The number of hydrogen-bond acceptors (Lipinski definition) is 3. The molecule has 4 heteroatoms. The van der Waals surface area contributed by atoms with Gasteiger partial charge in [-0.3, -0.25) is 4.79 Å². The van der Waals surface area contributed by atoms with E-state index in [0.29, 0.717) is 12.1 Å². The van der Waals surface area contributed by atoms with Gasteiger partial charge in [0.1, 0.15) is 5.82 Å². The first kappa shape index (κ1) is 11.8. The van der Waals surface area contributed by atoms with E-state index in [0.717, 1.165) is 16.9 Å². The highest BCUT2D eigenvalue weighted by atomic mass is 16.1. The minimum atomic E-state index is -0.141. The number of ketones is 1. The Hall–Kier alpha value is -1.68. The molecule has 1 aromatic carbocycles. The number of hydrogen-bond donors (Lipinski definition) is 1. The van der Waals surface area contributed by atoms with Crippen LogP contribution < -0.4 is 5.73 Å². The number of aromatic nitrogens is 2. The molecule has 0 aliphatic carbocycles. The minimum absolute atomic E-state index is 0.0812. The van der Waals surface area contributed by atoms with E-state index in [1.807, 2.05) is 43.7 Å². The molecule has 0 aliphatic heterocycles. The number of carbonyl (C=O) groups excluding carboxylic acids is 1. The Labute approximate surface area is 100 Å². The standard InChI is InChI=1S/C13H17N3O/c1-8(7-14)13(17)10-4-5-12-11(6-10)15-9(2)16(12)3/h4-6,8H,7,14H2,1-3H3. The maximum Gasteiger partial charge on any atom is 0.167 e. The Bertz CT molecular complexity index is 571. The van der Waals surface area contributed by atoms with Crippen molar-refractivity contribution in [2.24, 2.45) is 18.7 Å². The average Bonchev–Trinajstić information content (AvgIpc) is 2.62. The highest BCUT2D eigenvalue weighted by molar-refractivity contribution is 6.00. The van der Waals surface area contributed by atoms with Crippen molar-refractivity contribution in [3.8, 4) is 0 Å². The van der Waals surface area contributed by atoms with Gasteiger partial charge in [-0.25, -0.2) is 4.98 Å². The lowest BCUT2D eigenvalue weighted by Gasteiger charge is -2.07. The number of Topliss-reactive ketones (excluding diaryl/α,β-unsaturated/α-hetero) is 1. The second-order valence-electron chi connectivity index (χ2n) is 4.42. The van der Waals surface area contributed by atoms with E-state index in [4.69, 9.17) is 5.73 Å². The molecule has 4 nitrogen and oxygen atoms in total. The SMILES string of the molecule is Cc1nc2cc(C(=O)C(C)CN)ccc2n1C. The first-order valence-corrected chi connectivity index (χ1v) is 5.72. The summed E-state index contributed by atoms with van der Waals surface area (Å²) in [5, 5.41) is 0. The lowest BCUT2D eigenvalue weighted by molar-refractivity contribution is 0.0934. The first-order chi connectivity index (χ1) is 8.04. The van der Waals surface area contributed by atoms with Crippen molar-refractivity contribution in [1.82, 2.24) is 9.55 Å². The van der Waals surface area contributed by atoms with Gasteiger partial charge in [-0.1, -0.05) is 6.92 Å². The fourth-order valence-corrected chi connectivity index (χ4v) is 1.87. The molecule has 0 bridgehead atoms. The molecule has 1 unspecified atom stereocenters. The van der Waals surface area contributed by atoms with Crippen molar-refractivity contribution in [3.05, 3.63) is 29.6 Å². The van der Waals surface area contributed by atoms with Crippen LogP contribution in [0.3, 0.4) is 0 Å². The second-order valence-corrected chi connectivity index (χ2v) is 4.42. The van der Waals surface area contributed by atoms with Gasteiger partial charge in [0.15, 0.2) is 5.78 Å². The van der Waals surface area contributed by atoms with Gasteiger partial charge >= 0.3 is 0 Å². The van der Waals surface area contributed by atoms with Crippen LogP contribution in [0.4, 0.5) is 0 Å². The minimum Gasteiger partial charge on any atom is -0.331 e. The Morgan fingerprint density at radius 2 is 2.24 bits per heavy atom.